The summed E-state index contributed by atoms with van der Waals surface area (Å²) in [6.07, 6.45) is 0. The molecule has 0 aromatic carbocycles. The number of hydrogen-bond donors (Lipinski definition) is 3. The lowest BCUT2D eigenvalue weighted by molar-refractivity contribution is -0.138. The summed E-state index contributed by atoms with van der Waals surface area (Å²) in [5, 5.41) is 0. The molecule has 3 heterocycles. The molecular weight excluding hydrogens is 452 g/mol. The summed E-state index contributed by atoms with van der Waals surface area (Å²) < 4.78 is 115. The molecule has 4 N–H and O–H groups in total. The van der Waals surface area contributed by atoms with Crippen molar-refractivity contribution in [2.75, 3.05) is 32.7 Å². The minimum atomic E-state index is -5.84. The Morgan fingerprint density at radius 3 is 1.29 bits per heavy atom. The minimum absolute atomic E-state index is 0.188. The minimum Gasteiger partial charge on any atom is -0.368 e. The van der Waals surface area contributed by atoms with Gasteiger partial charge in [-0.05, 0) is 6.92 Å². The summed E-state index contributed by atoms with van der Waals surface area (Å²) in [5.41, 5.74) is -6.09. The number of carbonyl (C=O) groups is 1. The van der Waals surface area contributed by atoms with Crippen molar-refractivity contribution in [2.24, 2.45) is 5.73 Å². The van der Waals surface area contributed by atoms with Crippen molar-refractivity contribution in [3.8, 4) is 0 Å². The molecule has 1 atom stereocenters. The van der Waals surface area contributed by atoms with Crippen LogP contribution in [0.15, 0.2) is 0 Å². The van der Waals surface area contributed by atoms with Crippen molar-refractivity contribution in [3.05, 3.63) is 0 Å². The van der Waals surface area contributed by atoms with Crippen molar-refractivity contribution >= 4 is 26.1 Å². The van der Waals surface area contributed by atoms with Crippen molar-refractivity contribution in [3.63, 3.8) is 0 Å². The van der Waals surface area contributed by atoms with Crippen molar-refractivity contribution in [1.29, 1.82) is 0 Å². The third-order valence-electron chi connectivity index (χ3n) is 3.72. The molecule has 0 aliphatic carbocycles. The number of nitrogens with zero attached hydrogens (tertiary/aromatic N) is 2. The number of carbonyl (C=O) groups excluding carboxylic acids is 1. The second-order valence-corrected chi connectivity index (χ2v) is 8.57. The van der Waals surface area contributed by atoms with Gasteiger partial charge in [-0.1, -0.05) is 0 Å². The van der Waals surface area contributed by atoms with E-state index in [0.717, 1.165) is 32.7 Å². The maximum atomic E-state index is 11.2. The predicted molar refractivity (Wildman–Crippen MR) is 80.8 cm³/mol. The van der Waals surface area contributed by atoms with Crippen LogP contribution in [0.2, 0.25) is 0 Å². The Hall–Kier alpha value is -1.21. The Morgan fingerprint density at radius 1 is 0.893 bits per heavy atom. The average molecular weight is 469 g/mol. The van der Waals surface area contributed by atoms with E-state index in [4.69, 9.17) is 31.7 Å². The first kappa shape index (κ1) is 26.8. The van der Waals surface area contributed by atoms with Crippen LogP contribution in [0.4, 0.5) is 26.3 Å². The fourth-order valence-corrected chi connectivity index (χ4v) is 2.17. The summed E-state index contributed by atoms with van der Waals surface area (Å²) >= 11 is 0. The quantitative estimate of drug-likeness (QED) is 0.265. The van der Waals surface area contributed by atoms with Crippen LogP contribution in [0.25, 0.3) is 0 Å². The van der Waals surface area contributed by atoms with E-state index < -0.39 is 36.8 Å². The maximum absolute atomic E-state index is 11.2. The van der Waals surface area contributed by atoms with Crippen LogP contribution >= 0.6 is 0 Å². The standard InChI is InChI=1S/C8H15N3O.2CHF3O3S/c1-8(7(9)12)6-10-2-4-11(8)5-3-10;2*2-1(3,4)8(5,6)7/h2-6H2,1H3,(H2,9,12);2*(H,5,6,7). The van der Waals surface area contributed by atoms with Gasteiger partial charge in [0.05, 0.1) is 0 Å². The molecule has 3 saturated heterocycles. The first-order chi connectivity index (χ1) is 12.1. The Morgan fingerprint density at radius 2 is 1.18 bits per heavy atom. The molecule has 0 spiro atoms. The average Bonchev–Trinajstić information content (AvgIpc) is 2.45. The fourth-order valence-electron chi connectivity index (χ4n) is 2.17. The Labute approximate surface area is 155 Å². The molecule has 0 radical (unpaired) electrons. The highest BCUT2D eigenvalue weighted by Crippen LogP contribution is 2.25. The van der Waals surface area contributed by atoms with Gasteiger partial charge in [0.25, 0.3) is 0 Å². The highest BCUT2D eigenvalue weighted by atomic mass is 32.2. The van der Waals surface area contributed by atoms with Crippen LogP contribution in [0.5, 0.6) is 0 Å². The van der Waals surface area contributed by atoms with Gasteiger partial charge in [0.15, 0.2) is 0 Å². The van der Waals surface area contributed by atoms with Gasteiger partial charge in [-0.25, -0.2) is 0 Å². The monoisotopic (exact) mass is 469 g/mol. The van der Waals surface area contributed by atoms with E-state index in [9.17, 15) is 31.1 Å². The highest BCUT2D eigenvalue weighted by molar-refractivity contribution is 7.86. The van der Waals surface area contributed by atoms with Gasteiger partial charge in [0.2, 0.25) is 5.91 Å². The number of halogens is 6. The fraction of sp³-hybridized carbons (Fsp3) is 0.900. The summed E-state index contributed by atoms with van der Waals surface area (Å²) in [6, 6.07) is 0. The van der Waals surface area contributed by atoms with Crippen molar-refractivity contribution < 1.29 is 57.1 Å². The topological polar surface area (TPSA) is 158 Å². The molecule has 3 aliphatic rings. The third-order valence-corrected chi connectivity index (χ3v) is 4.89. The number of hydrogen-bond acceptors (Lipinski definition) is 7. The van der Waals surface area contributed by atoms with Crippen LogP contribution in [-0.4, -0.2) is 90.9 Å². The van der Waals surface area contributed by atoms with E-state index in [2.05, 4.69) is 9.80 Å². The number of primary amides is 1. The van der Waals surface area contributed by atoms with E-state index in [0.29, 0.717) is 0 Å². The lowest BCUT2D eigenvalue weighted by atomic mass is 9.92. The maximum Gasteiger partial charge on any atom is 0.522 e. The lowest BCUT2D eigenvalue weighted by Gasteiger charge is -2.52. The number of amides is 1. The molecule has 1 amide bonds. The van der Waals surface area contributed by atoms with Gasteiger partial charge in [0, 0.05) is 32.7 Å². The lowest BCUT2D eigenvalue weighted by Crippen LogP contribution is -2.71. The summed E-state index contributed by atoms with van der Waals surface area (Å²) in [7, 11) is -11.7. The van der Waals surface area contributed by atoms with Gasteiger partial charge >= 0.3 is 31.3 Å². The largest absolute Gasteiger partial charge is 0.522 e. The molecule has 3 rings (SSSR count). The van der Waals surface area contributed by atoms with Crippen molar-refractivity contribution in [2.45, 2.75) is 23.5 Å². The second-order valence-electron chi connectivity index (χ2n) is 5.74. The first-order valence-corrected chi connectivity index (χ1v) is 9.86. The molecule has 18 heteroatoms. The Kier molecular flexibility index (Phi) is 8.28. The van der Waals surface area contributed by atoms with Gasteiger partial charge in [0.1, 0.15) is 5.54 Å². The van der Waals surface area contributed by atoms with Crippen molar-refractivity contribution in [1.82, 2.24) is 9.80 Å². The molecular formula is C10H17F6N3O7S2. The molecule has 0 aromatic heterocycles. The Balaban J connectivity index is 0.000000408. The van der Waals surface area contributed by atoms with Crippen LogP contribution in [-0.2, 0) is 25.0 Å². The van der Waals surface area contributed by atoms with Gasteiger partial charge in [-0.3, -0.25) is 23.7 Å². The smallest absolute Gasteiger partial charge is 0.368 e. The summed E-state index contributed by atoms with van der Waals surface area (Å²) in [6.45, 7) is 6.90. The third kappa shape index (κ3) is 7.32. The van der Waals surface area contributed by atoms with Gasteiger partial charge in [-0.15, -0.1) is 0 Å². The van der Waals surface area contributed by atoms with Crippen LogP contribution in [0.3, 0.4) is 0 Å². The number of alkyl halides is 6. The highest BCUT2D eigenvalue weighted by Gasteiger charge is 2.46. The van der Waals surface area contributed by atoms with Crippen LogP contribution in [0.1, 0.15) is 6.92 Å². The van der Waals surface area contributed by atoms with Gasteiger partial charge in [-0.2, -0.15) is 43.2 Å². The zero-order valence-electron chi connectivity index (χ0n) is 14.0. The normalized spacial score (nSPS) is 27.8. The molecule has 28 heavy (non-hydrogen) atoms. The molecule has 3 fully saturated rings. The van der Waals surface area contributed by atoms with E-state index in [1.807, 2.05) is 6.92 Å². The number of piperazine rings is 3. The number of rotatable bonds is 1. The molecule has 0 aromatic rings. The SMILES string of the molecule is CC1(C(N)=O)CN2CCN1CC2.O=S(=O)(O)C(F)(F)F.O=S(=O)(O)C(F)(F)F. The van der Waals surface area contributed by atoms with E-state index in [1.54, 1.807) is 0 Å². The zero-order valence-corrected chi connectivity index (χ0v) is 15.7. The van der Waals surface area contributed by atoms with E-state index >= 15 is 0 Å². The zero-order chi connectivity index (χ0) is 22.8. The molecule has 168 valence electrons. The van der Waals surface area contributed by atoms with Crippen LogP contribution in [0, 0.1) is 0 Å². The first-order valence-electron chi connectivity index (χ1n) is 6.98. The van der Waals surface area contributed by atoms with E-state index in [-0.39, 0.29) is 5.91 Å². The van der Waals surface area contributed by atoms with E-state index in [1.165, 1.54) is 0 Å². The molecule has 2 bridgehead atoms. The summed E-state index contributed by atoms with van der Waals surface area (Å²) in [4.78, 5) is 15.7. The summed E-state index contributed by atoms with van der Waals surface area (Å²) in [5.74, 6) is -0.188. The second kappa shape index (κ2) is 8.66. The number of nitrogens with two attached hydrogens (primary N) is 1. The van der Waals surface area contributed by atoms with Gasteiger partial charge < -0.3 is 5.73 Å². The Bertz CT molecular complexity index is 717. The molecule has 1 unspecified atom stereocenters. The number of fused-ring (bicyclic) bond motifs is 3. The molecule has 0 saturated carbocycles. The van der Waals surface area contributed by atoms with Crippen LogP contribution < -0.4 is 5.73 Å². The molecule has 10 nitrogen and oxygen atoms in total. The molecule has 3 aliphatic heterocycles. The predicted octanol–water partition coefficient (Wildman–Crippen LogP) is -0.350.